The predicted octanol–water partition coefficient (Wildman–Crippen LogP) is 3.94. The highest BCUT2D eigenvalue weighted by Gasteiger charge is 2.45. The fourth-order valence-electron chi connectivity index (χ4n) is 3.76. The number of rotatable bonds is 10. The highest BCUT2D eigenvalue weighted by molar-refractivity contribution is 6.46. The van der Waals surface area contributed by atoms with Crippen LogP contribution >= 0.6 is 0 Å². The minimum atomic E-state index is -0.700. The number of Topliss-reactive ketones (excluding diaryl/α,β-unsaturated/α-hetero) is 1. The molecule has 1 aliphatic heterocycles. The second-order valence-electron chi connectivity index (χ2n) is 7.27. The van der Waals surface area contributed by atoms with Crippen LogP contribution in [0.3, 0.4) is 0 Å². The first-order chi connectivity index (χ1) is 15.5. The number of likely N-dealkylation sites (tertiary alicyclic amines) is 1. The van der Waals surface area contributed by atoms with Gasteiger partial charge in [0.05, 0.1) is 25.3 Å². The molecule has 2 aromatic carbocycles. The minimum absolute atomic E-state index is 0.0701. The Hall–Kier alpha value is -3.32. The SMILES string of the molecule is CCOCCCN1C(=O)C(=O)/C(=C(\O)c2ccc(OC)cc2)C1c1ccc(OCC)cc1. The molecule has 7 nitrogen and oxygen atoms in total. The van der Waals surface area contributed by atoms with E-state index < -0.39 is 17.7 Å². The topological polar surface area (TPSA) is 85.3 Å². The van der Waals surface area contributed by atoms with E-state index in [2.05, 4.69) is 0 Å². The number of carbonyl (C=O) groups is 2. The highest BCUT2D eigenvalue weighted by Crippen LogP contribution is 2.40. The number of benzene rings is 2. The van der Waals surface area contributed by atoms with Gasteiger partial charge in [-0.3, -0.25) is 9.59 Å². The molecular weight excluding hydrogens is 410 g/mol. The van der Waals surface area contributed by atoms with Crippen molar-refractivity contribution in [3.05, 3.63) is 65.2 Å². The van der Waals surface area contributed by atoms with Gasteiger partial charge in [-0.1, -0.05) is 12.1 Å². The largest absolute Gasteiger partial charge is 0.507 e. The minimum Gasteiger partial charge on any atom is -0.507 e. The van der Waals surface area contributed by atoms with Gasteiger partial charge in [-0.05, 0) is 62.2 Å². The maximum absolute atomic E-state index is 13.0. The molecule has 7 heteroatoms. The van der Waals surface area contributed by atoms with E-state index in [1.54, 1.807) is 43.5 Å². The van der Waals surface area contributed by atoms with Crippen LogP contribution < -0.4 is 9.47 Å². The maximum atomic E-state index is 13.0. The first kappa shape index (κ1) is 23.3. The number of nitrogens with zero attached hydrogens (tertiary/aromatic N) is 1. The summed E-state index contributed by atoms with van der Waals surface area (Å²) in [5, 5.41) is 11.1. The lowest BCUT2D eigenvalue weighted by molar-refractivity contribution is -0.140. The summed E-state index contributed by atoms with van der Waals surface area (Å²) in [5.41, 5.74) is 1.23. The Morgan fingerprint density at radius 3 is 2.22 bits per heavy atom. The van der Waals surface area contributed by atoms with Crippen LogP contribution in [0, 0.1) is 0 Å². The molecule has 0 bridgehead atoms. The summed E-state index contributed by atoms with van der Waals surface area (Å²) < 4.78 is 16.1. The average molecular weight is 440 g/mol. The van der Waals surface area contributed by atoms with Crippen molar-refractivity contribution >= 4 is 17.4 Å². The fourth-order valence-corrected chi connectivity index (χ4v) is 3.76. The Labute approximate surface area is 188 Å². The van der Waals surface area contributed by atoms with Gasteiger partial charge in [-0.2, -0.15) is 0 Å². The number of aliphatic hydroxyl groups is 1. The number of hydrogen-bond acceptors (Lipinski definition) is 6. The van der Waals surface area contributed by atoms with Crippen LogP contribution in [0.2, 0.25) is 0 Å². The van der Waals surface area contributed by atoms with Crippen LogP contribution in [0.15, 0.2) is 54.1 Å². The molecule has 1 N–H and O–H groups in total. The van der Waals surface area contributed by atoms with Crippen LogP contribution in [0.1, 0.15) is 37.4 Å². The molecule has 0 aliphatic carbocycles. The molecule has 1 amide bonds. The maximum Gasteiger partial charge on any atom is 0.295 e. The number of ketones is 1. The van der Waals surface area contributed by atoms with Crippen LogP contribution in [0.25, 0.3) is 5.76 Å². The van der Waals surface area contributed by atoms with E-state index in [-0.39, 0.29) is 11.3 Å². The molecule has 1 saturated heterocycles. The third-order valence-corrected chi connectivity index (χ3v) is 5.30. The third kappa shape index (κ3) is 4.94. The molecular formula is C25H29NO6. The van der Waals surface area contributed by atoms with Gasteiger partial charge in [0, 0.05) is 25.3 Å². The van der Waals surface area contributed by atoms with Gasteiger partial charge >= 0.3 is 0 Å². The summed E-state index contributed by atoms with van der Waals surface area (Å²) in [6, 6.07) is 13.2. The molecule has 1 aliphatic rings. The summed E-state index contributed by atoms with van der Waals surface area (Å²) in [6.07, 6.45) is 0.580. The molecule has 32 heavy (non-hydrogen) atoms. The molecule has 1 atom stereocenters. The number of amides is 1. The van der Waals surface area contributed by atoms with Crippen molar-refractivity contribution in [2.75, 3.05) is 33.5 Å². The molecule has 0 saturated carbocycles. The Bertz CT molecular complexity index is 965. The second-order valence-corrected chi connectivity index (χ2v) is 7.27. The van der Waals surface area contributed by atoms with E-state index in [1.165, 1.54) is 4.90 Å². The van der Waals surface area contributed by atoms with Gasteiger partial charge in [0.2, 0.25) is 0 Å². The molecule has 3 rings (SSSR count). The third-order valence-electron chi connectivity index (χ3n) is 5.30. The van der Waals surface area contributed by atoms with Gasteiger partial charge in [-0.15, -0.1) is 0 Å². The molecule has 0 aromatic heterocycles. The number of aliphatic hydroxyl groups excluding tert-OH is 1. The van der Waals surface area contributed by atoms with Crippen molar-refractivity contribution in [3.8, 4) is 11.5 Å². The van der Waals surface area contributed by atoms with Gasteiger partial charge in [-0.25, -0.2) is 0 Å². The van der Waals surface area contributed by atoms with Crippen LogP contribution in [-0.2, 0) is 14.3 Å². The Balaban J connectivity index is 2.03. The average Bonchev–Trinajstić information content (AvgIpc) is 3.07. The Kier molecular flexibility index (Phi) is 7.89. The highest BCUT2D eigenvalue weighted by atomic mass is 16.5. The van der Waals surface area contributed by atoms with Crippen LogP contribution in [0.5, 0.6) is 11.5 Å². The summed E-state index contributed by atoms with van der Waals surface area (Å²) in [5.74, 6) is -0.220. The zero-order chi connectivity index (χ0) is 23.1. The molecule has 0 spiro atoms. The second kappa shape index (κ2) is 10.8. The van der Waals surface area contributed by atoms with E-state index >= 15 is 0 Å². The van der Waals surface area contributed by atoms with Crippen molar-refractivity contribution in [3.63, 3.8) is 0 Å². The lowest BCUT2D eigenvalue weighted by Gasteiger charge is -2.25. The molecule has 2 aromatic rings. The molecule has 1 fully saturated rings. The van der Waals surface area contributed by atoms with Crippen molar-refractivity contribution in [2.24, 2.45) is 0 Å². The van der Waals surface area contributed by atoms with Crippen molar-refractivity contribution in [1.82, 2.24) is 4.90 Å². The van der Waals surface area contributed by atoms with Crippen LogP contribution in [0.4, 0.5) is 0 Å². The van der Waals surface area contributed by atoms with E-state index in [0.29, 0.717) is 49.8 Å². The molecule has 170 valence electrons. The summed E-state index contributed by atoms with van der Waals surface area (Å²) in [4.78, 5) is 27.4. The fraction of sp³-hybridized carbons (Fsp3) is 0.360. The monoisotopic (exact) mass is 439 g/mol. The zero-order valence-electron chi connectivity index (χ0n) is 18.7. The zero-order valence-corrected chi connectivity index (χ0v) is 18.7. The molecule has 0 radical (unpaired) electrons. The summed E-state index contributed by atoms with van der Waals surface area (Å²) in [6.45, 7) is 5.73. The number of ether oxygens (including phenoxy) is 3. The van der Waals surface area contributed by atoms with E-state index in [9.17, 15) is 14.7 Å². The van der Waals surface area contributed by atoms with Gasteiger partial charge < -0.3 is 24.2 Å². The molecule has 1 unspecified atom stereocenters. The number of carbonyl (C=O) groups excluding carboxylic acids is 2. The summed E-state index contributed by atoms with van der Waals surface area (Å²) >= 11 is 0. The van der Waals surface area contributed by atoms with E-state index in [1.807, 2.05) is 26.0 Å². The smallest absolute Gasteiger partial charge is 0.295 e. The van der Waals surface area contributed by atoms with Gasteiger partial charge in [0.15, 0.2) is 0 Å². The Morgan fingerprint density at radius 2 is 1.62 bits per heavy atom. The van der Waals surface area contributed by atoms with E-state index in [0.717, 1.165) is 5.56 Å². The van der Waals surface area contributed by atoms with Crippen LogP contribution in [-0.4, -0.2) is 55.2 Å². The number of methoxy groups -OCH3 is 1. The van der Waals surface area contributed by atoms with Gasteiger partial charge in [0.25, 0.3) is 11.7 Å². The first-order valence-corrected chi connectivity index (χ1v) is 10.7. The van der Waals surface area contributed by atoms with E-state index in [4.69, 9.17) is 14.2 Å². The lowest BCUT2D eigenvalue weighted by Crippen LogP contribution is -2.31. The lowest BCUT2D eigenvalue weighted by atomic mass is 9.95. The normalized spacial score (nSPS) is 17.6. The number of hydrogen-bond donors (Lipinski definition) is 1. The van der Waals surface area contributed by atoms with Crippen molar-refractivity contribution in [1.29, 1.82) is 0 Å². The molecule has 1 heterocycles. The predicted molar refractivity (Wildman–Crippen MR) is 121 cm³/mol. The van der Waals surface area contributed by atoms with Gasteiger partial charge in [0.1, 0.15) is 17.3 Å². The standard InChI is InChI=1S/C25H29NO6/c1-4-31-16-6-15-26-22(17-7-13-20(14-8-17)32-5-2)21(24(28)25(26)29)23(27)18-9-11-19(30-3)12-10-18/h7-14,22,27H,4-6,15-16H2,1-3H3/b23-21-. The van der Waals surface area contributed by atoms with Crippen molar-refractivity contribution in [2.45, 2.75) is 26.3 Å². The Morgan fingerprint density at radius 1 is 0.969 bits per heavy atom. The first-order valence-electron chi connectivity index (χ1n) is 10.7. The van der Waals surface area contributed by atoms with Crippen molar-refractivity contribution < 1.29 is 28.9 Å². The quantitative estimate of drug-likeness (QED) is 0.261. The summed E-state index contributed by atoms with van der Waals surface area (Å²) in [7, 11) is 1.55.